The summed E-state index contributed by atoms with van der Waals surface area (Å²) in [7, 11) is 0. The summed E-state index contributed by atoms with van der Waals surface area (Å²) in [5.41, 5.74) is 5.42. The van der Waals surface area contributed by atoms with Gasteiger partial charge in [-0.3, -0.25) is 0 Å². The lowest BCUT2D eigenvalue weighted by molar-refractivity contribution is -0.347. The van der Waals surface area contributed by atoms with E-state index in [4.69, 9.17) is 43.6 Å². The molecule has 4 fully saturated rings. The van der Waals surface area contributed by atoms with Crippen molar-refractivity contribution >= 4 is 0 Å². The van der Waals surface area contributed by atoms with Crippen molar-refractivity contribution in [2.75, 3.05) is 39.6 Å². The van der Waals surface area contributed by atoms with Gasteiger partial charge in [-0.25, -0.2) is 0 Å². The van der Waals surface area contributed by atoms with Gasteiger partial charge < -0.3 is 110 Å². The van der Waals surface area contributed by atoms with Gasteiger partial charge in [0.15, 0.2) is 25.2 Å². The number of nitrogens with two attached hydrogens (primary N) is 1. The van der Waals surface area contributed by atoms with Crippen LogP contribution in [0.4, 0.5) is 0 Å². The van der Waals surface area contributed by atoms with Crippen LogP contribution in [0.5, 0.6) is 0 Å². The Morgan fingerprint density at radius 3 is 0.980 bits per heavy atom. The Morgan fingerprint density at radius 2 is 0.673 bits per heavy atom. The third kappa shape index (κ3) is 9.38. The summed E-state index contributed by atoms with van der Waals surface area (Å²) in [5.74, 6) is 0. The summed E-state index contributed by atoms with van der Waals surface area (Å²) in [6, 6.07) is 0. The van der Waals surface area contributed by atoms with Gasteiger partial charge in [-0.15, -0.1) is 0 Å². The van der Waals surface area contributed by atoms with Crippen LogP contribution in [0.1, 0.15) is 6.42 Å². The van der Waals surface area contributed by atoms with Crippen LogP contribution in [-0.4, -0.2) is 229 Å². The van der Waals surface area contributed by atoms with Crippen molar-refractivity contribution in [2.45, 2.75) is 129 Å². The molecule has 4 rings (SSSR count). The van der Waals surface area contributed by atoms with Gasteiger partial charge in [-0.05, 0) is 13.0 Å². The molecule has 0 aliphatic carbocycles. The van der Waals surface area contributed by atoms with E-state index in [9.17, 15) is 66.4 Å². The predicted octanol–water partition coefficient (Wildman–Crippen LogP) is -9.38. The van der Waals surface area contributed by atoms with Crippen molar-refractivity contribution in [3.05, 3.63) is 0 Å². The summed E-state index contributed by atoms with van der Waals surface area (Å²) in [4.78, 5) is 0. The first-order valence-electron chi connectivity index (χ1n) is 15.8. The van der Waals surface area contributed by atoms with E-state index in [2.05, 4.69) is 0 Å². The lowest BCUT2D eigenvalue weighted by Crippen LogP contribution is -2.63. The molecule has 0 bridgehead atoms. The molecule has 4 aliphatic rings. The van der Waals surface area contributed by atoms with Crippen LogP contribution in [0.25, 0.3) is 0 Å². The molecule has 0 saturated carbocycles. The Labute approximate surface area is 279 Å². The molecule has 0 radical (unpaired) electrons. The Hall–Kier alpha value is -0.880. The topological polar surface area (TPSA) is 363 Å². The number of hydrogen-bond acceptors (Lipinski definition) is 22. The van der Waals surface area contributed by atoms with E-state index in [0.717, 1.165) is 0 Å². The largest absolute Gasteiger partial charge is 0.394 e. The van der Waals surface area contributed by atoms with E-state index in [1.165, 1.54) is 0 Å². The molecular weight excluding hydrogens is 674 g/mol. The van der Waals surface area contributed by atoms with Crippen molar-refractivity contribution in [3.63, 3.8) is 0 Å². The second-order valence-electron chi connectivity index (χ2n) is 12.3. The van der Waals surface area contributed by atoms with Crippen molar-refractivity contribution in [1.29, 1.82) is 0 Å². The molecule has 0 unspecified atom stereocenters. The van der Waals surface area contributed by atoms with Crippen LogP contribution < -0.4 is 5.73 Å². The van der Waals surface area contributed by atoms with E-state index in [1.54, 1.807) is 0 Å². The minimum absolute atomic E-state index is 0.0756. The number of hydrogen-bond donors (Lipinski definition) is 14. The van der Waals surface area contributed by atoms with Crippen LogP contribution in [-0.2, 0) is 37.9 Å². The third-order valence-electron chi connectivity index (χ3n) is 8.76. The quantitative estimate of drug-likeness (QED) is 0.0740. The molecule has 288 valence electrons. The lowest BCUT2D eigenvalue weighted by Gasteiger charge is -2.44. The van der Waals surface area contributed by atoms with Gasteiger partial charge in [0.05, 0.1) is 33.0 Å². The fourth-order valence-electron chi connectivity index (χ4n) is 5.63. The standard InChI is InChI=1S/C27H49NO21/c28-2-1-3-42-24-20(38)17(35)13(31)9(47-24)5-44-26-22(40)19(37)15(33)11(49-26)7-45-27-23(41)18(36)14(32)10(48-27)6-43-25-21(39)16(34)12(30)8(4-29)46-25/h8-27,29-41H,1-7,28H2/t8-,9-,10-,11-,12-,13+,14+,15-,16+,17+,18+,19+,20-,21+,22+,23-,24+,25+,26+,27+/m1/s1. The summed E-state index contributed by atoms with van der Waals surface area (Å²) in [5, 5.41) is 133. The molecule has 0 aromatic rings. The fraction of sp³-hybridized carbons (Fsp3) is 1.00. The molecule has 15 N–H and O–H groups in total. The lowest BCUT2D eigenvalue weighted by atomic mass is 9.98. The SMILES string of the molecule is NCCCO[C@H]1O[C@H](CO[C@H]2O[C@H](CO[C@H]3O[C@H](CO[C@H]4O[C@H](CO)[C@@H](O)[C@H](O)[C@@H]4O)[C@H](O)[C@H](O)[C@H]3O)[C@@H](O)[C@H](O)[C@@H]2O)[C@H](O)[C@H](O)[C@H]1O. The van der Waals surface area contributed by atoms with Gasteiger partial charge in [0, 0.05) is 0 Å². The highest BCUT2D eigenvalue weighted by Crippen LogP contribution is 2.29. The molecule has 4 heterocycles. The average molecular weight is 724 g/mol. The molecule has 4 saturated heterocycles. The first-order chi connectivity index (χ1) is 23.2. The van der Waals surface area contributed by atoms with Crippen molar-refractivity contribution < 1.29 is 104 Å². The van der Waals surface area contributed by atoms with Crippen LogP contribution in [0, 0.1) is 0 Å². The van der Waals surface area contributed by atoms with E-state index in [-0.39, 0.29) is 13.2 Å². The molecule has 0 aromatic carbocycles. The maximum absolute atomic E-state index is 10.5. The second kappa shape index (κ2) is 18.2. The van der Waals surface area contributed by atoms with E-state index >= 15 is 0 Å². The minimum atomic E-state index is -1.87. The Morgan fingerprint density at radius 1 is 0.388 bits per heavy atom. The van der Waals surface area contributed by atoms with Gasteiger partial charge in [-0.2, -0.15) is 0 Å². The summed E-state index contributed by atoms with van der Waals surface area (Å²) >= 11 is 0. The zero-order valence-electron chi connectivity index (χ0n) is 26.2. The number of aliphatic hydroxyl groups excluding tert-OH is 13. The van der Waals surface area contributed by atoms with E-state index < -0.39 is 149 Å². The highest BCUT2D eigenvalue weighted by molar-refractivity contribution is 4.94. The Bertz CT molecular complexity index is 987. The van der Waals surface area contributed by atoms with Gasteiger partial charge in [0.25, 0.3) is 0 Å². The maximum Gasteiger partial charge on any atom is 0.186 e. The minimum Gasteiger partial charge on any atom is -0.394 e. The second-order valence-corrected chi connectivity index (χ2v) is 12.3. The van der Waals surface area contributed by atoms with E-state index in [0.29, 0.717) is 6.42 Å². The summed E-state index contributed by atoms with van der Waals surface area (Å²) in [6.07, 6.45) is -32.6. The van der Waals surface area contributed by atoms with Crippen LogP contribution in [0.3, 0.4) is 0 Å². The molecule has 49 heavy (non-hydrogen) atoms. The molecule has 0 aromatic heterocycles. The number of ether oxygens (including phenoxy) is 8. The highest BCUT2D eigenvalue weighted by atomic mass is 16.8. The van der Waals surface area contributed by atoms with Crippen molar-refractivity contribution in [3.8, 4) is 0 Å². The molecule has 0 spiro atoms. The Kier molecular flexibility index (Phi) is 15.2. The smallest absolute Gasteiger partial charge is 0.186 e. The van der Waals surface area contributed by atoms with Crippen LogP contribution in [0.2, 0.25) is 0 Å². The van der Waals surface area contributed by atoms with Crippen molar-refractivity contribution in [2.24, 2.45) is 5.73 Å². The Balaban J connectivity index is 1.33. The van der Waals surface area contributed by atoms with Gasteiger partial charge in [0.2, 0.25) is 0 Å². The first kappa shape index (κ1) is 40.9. The molecule has 20 atom stereocenters. The molecule has 0 amide bonds. The molecular formula is C27H49NO21. The van der Waals surface area contributed by atoms with Gasteiger partial charge >= 0.3 is 0 Å². The monoisotopic (exact) mass is 723 g/mol. The fourth-order valence-corrected chi connectivity index (χ4v) is 5.63. The number of aliphatic hydroxyl groups is 13. The molecule has 22 heteroatoms. The zero-order valence-corrected chi connectivity index (χ0v) is 26.2. The number of rotatable bonds is 14. The molecule has 4 aliphatic heterocycles. The predicted molar refractivity (Wildman–Crippen MR) is 151 cm³/mol. The maximum atomic E-state index is 10.5. The van der Waals surface area contributed by atoms with Gasteiger partial charge in [0.1, 0.15) is 97.7 Å². The zero-order chi connectivity index (χ0) is 36.2. The van der Waals surface area contributed by atoms with Crippen LogP contribution in [0.15, 0.2) is 0 Å². The summed E-state index contributed by atoms with van der Waals surface area (Å²) < 4.78 is 43.5. The first-order valence-corrected chi connectivity index (χ1v) is 15.8. The summed E-state index contributed by atoms with van der Waals surface area (Å²) in [6.45, 7) is -2.23. The van der Waals surface area contributed by atoms with Crippen LogP contribution >= 0.6 is 0 Å². The van der Waals surface area contributed by atoms with E-state index in [1.807, 2.05) is 0 Å². The van der Waals surface area contributed by atoms with Gasteiger partial charge in [-0.1, -0.05) is 0 Å². The normalized spacial score (nSPS) is 49.6. The highest BCUT2D eigenvalue weighted by Gasteiger charge is 2.50. The average Bonchev–Trinajstić information content (AvgIpc) is 3.09. The van der Waals surface area contributed by atoms with Crippen molar-refractivity contribution in [1.82, 2.24) is 0 Å². The molecule has 22 nitrogen and oxygen atoms in total. The third-order valence-corrected chi connectivity index (χ3v) is 8.76.